The zero-order valence-corrected chi connectivity index (χ0v) is 13.9. The van der Waals surface area contributed by atoms with E-state index in [2.05, 4.69) is 15.8 Å². The third-order valence-corrected chi connectivity index (χ3v) is 3.27. The van der Waals surface area contributed by atoms with Crippen molar-refractivity contribution < 1.29 is 19.4 Å². The Morgan fingerprint density at radius 3 is 2.58 bits per heavy atom. The predicted octanol–water partition coefficient (Wildman–Crippen LogP) is 2.19. The lowest BCUT2D eigenvalue weighted by molar-refractivity contribution is -0.137. The van der Waals surface area contributed by atoms with Gasteiger partial charge < -0.3 is 15.3 Å². The zero-order chi connectivity index (χ0) is 18.9. The fourth-order valence-electron chi connectivity index (χ4n) is 2.11. The molecule has 1 heterocycles. The van der Waals surface area contributed by atoms with Gasteiger partial charge >= 0.3 is 11.9 Å². The molecule has 0 radical (unpaired) electrons. The van der Waals surface area contributed by atoms with Gasteiger partial charge in [0.15, 0.2) is 5.57 Å². The highest BCUT2D eigenvalue weighted by Crippen LogP contribution is 2.21. The molecule has 0 saturated heterocycles. The van der Waals surface area contributed by atoms with E-state index in [9.17, 15) is 20.0 Å². The van der Waals surface area contributed by atoms with Gasteiger partial charge in [0.05, 0.1) is 23.6 Å². The summed E-state index contributed by atoms with van der Waals surface area (Å²) >= 11 is 0. The zero-order valence-electron chi connectivity index (χ0n) is 13.9. The Kier molecular flexibility index (Phi) is 6.28. The van der Waals surface area contributed by atoms with Gasteiger partial charge in [-0.3, -0.25) is 10.4 Å². The number of carboxylic acids is 1. The average molecular weight is 352 g/mol. The standard InChI is InChI=1S/C18H16N4O4/c1-2-26-18(25)14(10-19)16(22-21-12-6-4-3-5-7-12)13-8-9-20-11-15(13)17(23)24/h3-9,11,21-22H,2H2,1H3,(H,23,24)/b16-14+. The Hall–Kier alpha value is -3.86. The first-order valence-corrected chi connectivity index (χ1v) is 7.64. The third kappa shape index (κ3) is 4.36. The van der Waals surface area contributed by atoms with Crippen molar-refractivity contribution in [2.45, 2.75) is 6.92 Å². The SMILES string of the molecule is CCOC(=O)/C(C#N)=C(/NNc1ccccc1)c1ccncc1C(=O)O. The number of carbonyl (C=O) groups excluding carboxylic acids is 1. The number of benzene rings is 1. The van der Waals surface area contributed by atoms with Gasteiger partial charge in [-0.2, -0.15) is 5.26 Å². The molecule has 0 atom stereocenters. The molecule has 8 heteroatoms. The van der Waals surface area contributed by atoms with Crippen LogP contribution in [0.5, 0.6) is 0 Å². The molecule has 0 unspecified atom stereocenters. The maximum absolute atomic E-state index is 12.1. The number of ether oxygens (including phenoxy) is 1. The van der Waals surface area contributed by atoms with Crippen LogP contribution in [0.3, 0.4) is 0 Å². The van der Waals surface area contributed by atoms with Crippen molar-refractivity contribution in [3.63, 3.8) is 0 Å². The van der Waals surface area contributed by atoms with Crippen molar-refractivity contribution >= 4 is 23.3 Å². The van der Waals surface area contributed by atoms with E-state index in [1.807, 2.05) is 6.07 Å². The maximum atomic E-state index is 12.1. The monoisotopic (exact) mass is 352 g/mol. The summed E-state index contributed by atoms with van der Waals surface area (Å²) in [6, 6.07) is 12.1. The van der Waals surface area contributed by atoms with Crippen LogP contribution in [0.15, 0.2) is 54.4 Å². The van der Waals surface area contributed by atoms with Gasteiger partial charge in [-0.25, -0.2) is 9.59 Å². The quantitative estimate of drug-likeness (QED) is 0.300. The largest absolute Gasteiger partial charge is 0.478 e. The van der Waals surface area contributed by atoms with Gasteiger partial charge in [-0.05, 0) is 25.1 Å². The van der Waals surface area contributed by atoms with Gasteiger partial charge in [0, 0.05) is 18.0 Å². The topological polar surface area (TPSA) is 124 Å². The fraction of sp³-hybridized carbons (Fsp3) is 0.111. The second-order valence-electron chi connectivity index (χ2n) is 4.92. The minimum atomic E-state index is -1.24. The lowest BCUT2D eigenvalue weighted by atomic mass is 10.0. The van der Waals surface area contributed by atoms with Gasteiger partial charge in [0.2, 0.25) is 0 Å². The highest BCUT2D eigenvalue weighted by atomic mass is 16.5. The van der Waals surface area contributed by atoms with E-state index < -0.39 is 11.9 Å². The summed E-state index contributed by atoms with van der Waals surface area (Å²) in [5.41, 5.74) is 5.83. The Morgan fingerprint density at radius 1 is 1.23 bits per heavy atom. The number of para-hydroxylation sites is 1. The third-order valence-electron chi connectivity index (χ3n) is 3.27. The Morgan fingerprint density at radius 2 is 1.96 bits per heavy atom. The summed E-state index contributed by atoms with van der Waals surface area (Å²) in [6.45, 7) is 1.68. The molecular weight excluding hydrogens is 336 g/mol. The minimum Gasteiger partial charge on any atom is -0.478 e. The van der Waals surface area contributed by atoms with Crippen molar-refractivity contribution in [1.82, 2.24) is 10.4 Å². The highest BCUT2D eigenvalue weighted by molar-refractivity contribution is 6.04. The number of pyridine rings is 1. The summed E-state index contributed by atoms with van der Waals surface area (Å²) in [5.74, 6) is -2.10. The van der Waals surface area contributed by atoms with Crippen molar-refractivity contribution in [1.29, 1.82) is 5.26 Å². The van der Waals surface area contributed by atoms with Crippen molar-refractivity contribution in [3.8, 4) is 6.07 Å². The van der Waals surface area contributed by atoms with Crippen molar-refractivity contribution in [2.24, 2.45) is 0 Å². The summed E-state index contributed by atoms with van der Waals surface area (Å²) in [7, 11) is 0. The smallest absolute Gasteiger partial charge is 0.351 e. The van der Waals surface area contributed by atoms with Crippen LogP contribution in [-0.4, -0.2) is 28.6 Å². The highest BCUT2D eigenvalue weighted by Gasteiger charge is 2.22. The van der Waals surface area contributed by atoms with Crippen LogP contribution in [0, 0.1) is 11.3 Å². The van der Waals surface area contributed by atoms with Gasteiger partial charge in [-0.15, -0.1) is 0 Å². The van der Waals surface area contributed by atoms with Crippen LogP contribution in [0.4, 0.5) is 5.69 Å². The number of rotatable bonds is 7. The summed E-state index contributed by atoms with van der Waals surface area (Å²) < 4.78 is 4.90. The number of nitrogens with one attached hydrogen (secondary N) is 2. The number of nitriles is 1. The van der Waals surface area contributed by atoms with Crippen LogP contribution < -0.4 is 10.9 Å². The van der Waals surface area contributed by atoms with E-state index in [0.717, 1.165) is 6.20 Å². The van der Waals surface area contributed by atoms with Gasteiger partial charge in [-0.1, -0.05) is 18.2 Å². The second kappa shape index (κ2) is 8.84. The maximum Gasteiger partial charge on any atom is 0.351 e. The Bertz CT molecular complexity index is 872. The number of esters is 1. The lowest BCUT2D eigenvalue weighted by Gasteiger charge is -2.16. The molecule has 2 rings (SSSR count). The molecule has 0 bridgehead atoms. The molecule has 0 saturated carbocycles. The number of aromatic carboxylic acids is 1. The first kappa shape index (κ1) is 18.5. The number of anilines is 1. The van der Waals surface area contributed by atoms with E-state index in [1.54, 1.807) is 37.3 Å². The Labute approximate surface area is 149 Å². The number of hydrazine groups is 1. The van der Waals surface area contributed by atoms with Gasteiger partial charge in [0.1, 0.15) is 6.07 Å². The van der Waals surface area contributed by atoms with Crippen LogP contribution in [0.2, 0.25) is 0 Å². The molecule has 26 heavy (non-hydrogen) atoms. The molecule has 0 fully saturated rings. The van der Waals surface area contributed by atoms with Crippen LogP contribution in [0.1, 0.15) is 22.8 Å². The molecule has 0 spiro atoms. The molecule has 132 valence electrons. The minimum absolute atomic E-state index is 0.0189. The van der Waals surface area contributed by atoms with E-state index >= 15 is 0 Å². The van der Waals surface area contributed by atoms with Gasteiger partial charge in [0.25, 0.3) is 0 Å². The van der Waals surface area contributed by atoms with E-state index in [0.29, 0.717) is 5.69 Å². The normalized spacial score (nSPS) is 10.9. The second-order valence-corrected chi connectivity index (χ2v) is 4.92. The molecule has 1 aromatic heterocycles. The number of hydrogen-bond acceptors (Lipinski definition) is 7. The molecule has 0 aliphatic carbocycles. The summed E-state index contributed by atoms with van der Waals surface area (Å²) in [4.78, 5) is 27.4. The number of hydrogen-bond donors (Lipinski definition) is 3. The lowest BCUT2D eigenvalue weighted by Crippen LogP contribution is -2.25. The molecule has 0 aliphatic heterocycles. The fourth-order valence-corrected chi connectivity index (χ4v) is 2.11. The molecular formula is C18H16N4O4. The molecule has 0 amide bonds. The number of carbonyl (C=O) groups is 2. The predicted molar refractivity (Wildman–Crippen MR) is 93.6 cm³/mol. The first-order chi connectivity index (χ1) is 12.6. The van der Waals surface area contributed by atoms with Crippen molar-refractivity contribution in [2.75, 3.05) is 12.0 Å². The number of aromatic nitrogens is 1. The van der Waals surface area contributed by atoms with Crippen molar-refractivity contribution in [3.05, 3.63) is 65.5 Å². The molecule has 3 N–H and O–H groups in total. The van der Waals surface area contributed by atoms with Crippen LogP contribution in [0.25, 0.3) is 5.70 Å². The van der Waals surface area contributed by atoms with E-state index in [4.69, 9.17) is 4.74 Å². The Balaban J connectivity index is 2.53. The summed E-state index contributed by atoms with van der Waals surface area (Å²) in [5, 5.41) is 18.8. The molecule has 2 aromatic rings. The number of carboxylic acid groups (broad SMARTS) is 1. The summed E-state index contributed by atoms with van der Waals surface area (Å²) in [6.07, 6.45) is 2.51. The molecule has 1 aromatic carbocycles. The number of nitrogens with zero attached hydrogens (tertiary/aromatic N) is 2. The average Bonchev–Trinajstić information content (AvgIpc) is 2.66. The van der Waals surface area contributed by atoms with E-state index in [-0.39, 0.29) is 29.0 Å². The van der Waals surface area contributed by atoms with Crippen LogP contribution in [-0.2, 0) is 9.53 Å². The van der Waals surface area contributed by atoms with E-state index in [1.165, 1.54) is 12.3 Å². The van der Waals surface area contributed by atoms with Crippen LogP contribution >= 0.6 is 0 Å². The first-order valence-electron chi connectivity index (χ1n) is 7.64. The molecule has 8 nitrogen and oxygen atoms in total. The molecule has 0 aliphatic rings.